The molecular weight excluding hydrogens is 520 g/mol. The average molecular weight is 549 g/mol. The number of benzene rings is 3. The molecule has 0 saturated carbocycles. The molecule has 3 N–H and O–H groups in total. The molecule has 0 unspecified atom stereocenters. The zero-order chi connectivity index (χ0) is 28.6. The zero-order valence-corrected chi connectivity index (χ0v) is 22.3. The molecule has 0 aliphatic rings. The van der Waals surface area contributed by atoms with Gasteiger partial charge in [-0.3, -0.25) is 4.79 Å². The van der Waals surface area contributed by atoms with Crippen LogP contribution in [0.1, 0.15) is 18.5 Å². The highest BCUT2D eigenvalue weighted by Crippen LogP contribution is 2.43. The van der Waals surface area contributed by atoms with Crippen molar-refractivity contribution in [1.29, 1.82) is 0 Å². The van der Waals surface area contributed by atoms with Gasteiger partial charge in [-0.2, -0.15) is 0 Å². The molecule has 2 heterocycles. The van der Waals surface area contributed by atoms with Crippen molar-refractivity contribution < 1.29 is 23.8 Å². The number of nitrogens with one attached hydrogen (secondary N) is 2. The Morgan fingerprint density at radius 3 is 2.32 bits per heavy atom. The van der Waals surface area contributed by atoms with Gasteiger partial charge in [-0.05, 0) is 30.2 Å². The van der Waals surface area contributed by atoms with Crippen molar-refractivity contribution in [2.45, 2.75) is 13.0 Å². The molecule has 5 aromatic rings. The van der Waals surface area contributed by atoms with Gasteiger partial charge in [0.25, 0.3) is 0 Å². The summed E-state index contributed by atoms with van der Waals surface area (Å²) in [5, 5.41) is 17.0. The van der Waals surface area contributed by atoms with Crippen LogP contribution in [0.5, 0.6) is 0 Å². The van der Waals surface area contributed by atoms with Gasteiger partial charge in [-0.25, -0.2) is 14.8 Å². The van der Waals surface area contributed by atoms with Crippen molar-refractivity contribution in [2.75, 3.05) is 23.8 Å². The molecule has 9 nitrogen and oxygen atoms in total. The van der Waals surface area contributed by atoms with E-state index >= 15 is 0 Å². The van der Waals surface area contributed by atoms with Crippen LogP contribution in [0, 0.1) is 0 Å². The summed E-state index contributed by atoms with van der Waals surface area (Å²) in [4.78, 5) is 32.7. The minimum absolute atomic E-state index is 0.146. The summed E-state index contributed by atoms with van der Waals surface area (Å²) in [6, 6.07) is 26.1. The van der Waals surface area contributed by atoms with Crippen molar-refractivity contribution in [2.24, 2.45) is 0 Å². The van der Waals surface area contributed by atoms with E-state index in [4.69, 9.17) is 9.15 Å². The van der Waals surface area contributed by atoms with Crippen molar-refractivity contribution in [3.63, 3.8) is 0 Å². The number of amides is 1. The molecule has 206 valence electrons. The second-order valence-corrected chi connectivity index (χ2v) is 9.02. The Balaban J connectivity index is 1.53. The molecule has 0 bridgehead atoms. The number of fused-ring (bicyclic) bond motifs is 1. The van der Waals surface area contributed by atoms with E-state index in [1.165, 1.54) is 6.33 Å². The second-order valence-electron chi connectivity index (χ2n) is 9.02. The Kier molecular flexibility index (Phi) is 8.46. The SMILES string of the molecule is CCOC(=O)/C=C/C(=O)Nc1ccc(-c2c(-c3ccccc3)oc3ncnc(N[C@H](CO)c4ccccc4)c23)cc1. The highest BCUT2D eigenvalue weighted by molar-refractivity contribution is 6.06. The lowest BCUT2D eigenvalue weighted by molar-refractivity contribution is -0.137. The number of esters is 1. The number of anilines is 2. The minimum atomic E-state index is -0.583. The summed E-state index contributed by atoms with van der Waals surface area (Å²) in [5.41, 5.74) is 4.27. The second kappa shape index (κ2) is 12.7. The number of hydrogen-bond donors (Lipinski definition) is 3. The van der Waals surface area contributed by atoms with Gasteiger partial charge < -0.3 is 24.9 Å². The summed E-state index contributed by atoms with van der Waals surface area (Å²) < 4.78 is 11.1. The van der Waals surface area contributed by atoms with E-state index in [-0.39, 0.29) is 13.2 Å². The van der Waals surface area contributed by atoms with E-state index in [1.807, 2.05) is 72.8 Å². The predicted octanol–water partition coefficient (Wildman–Crippen LogP) is 5.76. The van der Waals surface area contributed by atoms with Crippen LogP contribution in [0.15, 0.2) is 108 Å². The minimum Gasteiger partial charge on any atom is -0.463 e. The first-order valence-electron chi connectivity index (χ1n) is 13.1. The van der Waals surface area contributed by atoms with E-state index in [1.54, 1.807) is 19.1 Å². The fourth-order valence-corrected chi connectivity index (χ4v) is 4.43. The molecule has 0 saturated heterocycles. The molecule has 0 aliphatic heterocycles. The lowest BCUT2D eigenvalue weighted by Gasteiger charge is -2.18. The smallest absolute Gasteiger partial charge is 0.330 e. The molecule has 1 amide bonds. The maximum Gasteiger partial charge on any atom is 0.330 e. The van der Waals surface area contributed by atoms with Gasteiger partial charge in [-0.15, -0.1) is 0 Å². The molecule has 2 aromatic heterocycles. The van der Waals surface area contributed by atoms with E-state index in [2.05, 4.69) is 20.6 Å². The number of carbonyl (C=O) groups excluding carboxylic acids is 2. The molecule has 5 rings (SSSR count). The number of carbonyl (C=O) groups is 2. The Morgan fingerprint density at radius 2 is 1.63 bits per heavy atom. The first kappa shape index (κ1) is 27.3. The highest BCUT2D eigenvalue weighted by Gasteiger charge is 2.23. The quantitative estimate of drug-likeness (QED) is 0.149. The summed E-state index contributed by atoms with van der Waals surface area (Å²) in [5.74, 6) is 0.0832. The van der Waals surface area contributed by atoms with Crippen molar-refractivity contribution >= 4 is 34.5 Å². The molecular formula is C32H28N4O5. The Hall–Kier alpha value is -5.28. The third-order valence-electron chi connectivity index (χ3n) is 6.32. The summed E-state index contributed by atoms with van der Waals surface area (Å²) in [7, 11) is 0. The highest BCUT2D eigenvalue weighted by atomic mass is 16.5. The molecule has 9 heteroatoms. The van der Waals surface area contributed by atoms with Gasteiger partial charge in [0.1, 0.15) is 17.9 Å². The molecule has 0 spiro atoms. The summed E-state index contributed by atoms with van der Waals surface area (Å²) in [6.45, 7) is 1.78. The summed E-state index contributed by atoms with van der Waals surface area (Å²) >= 11 is 0. The summed E-state index contributed by atoms with van der Waals surface area (Å²) in [6.07, 6.45) is 3.64. The molecule has 0 aliphatic carbocycles. The number of nitrogens with zero attached hydrogens (tertiary/aromatic N) is 2. The number of hydrogen-bond acceptors (Lipinski definition) is 8. The zero-order valence-electron chi connectivity index (χ0n) is 22.3. The number of furan rings is 1. The van der Waals surface area contributed by atoms with Gasteiger partial charge in [0.15, 0.2) is 0 Å². The monoisotopic (exact) mass is 548 g/mol. The van der Waals surface area contributed by atoms with Crippen LogP contribution in [0.25, 0.3) is 33.6 Å². The van der Waals surface area contributed by atoms with Gasteiger partial charge >= 0.3 is 5.97 Å². The predicted molar refractivity (Wildman–Crippen MR) is 157 cm³/mol. The Morgan fingerprint density at radius 1 is 0.927 bits per heavy atom. The van der Waals surface area contributed by atoms with Gasteiger partial charge in [-0.1, -0.05) is 72.8 Å². The molecule has 0 radical (unpaired) electrons. The lowest BCUT2D eigenvalue weighted by atomic mass is 9.98. The topological polar surface area (TPSA) is 127 Å². The largest absolute Gasteiger partial charge is 0.463 e. The standard InChI is InChI=1S/C32H28N4O5/c1-2-40-27(39)18-17-26(38)35-24-15-13-22(14-16-24)28-29-31(36-25(19-37)21-9-5-3-6-10-21)33-20-34-32(29)41-30(28)23-11-7-4-8-12-23/h3-18,20,25,37H,2,19H2,1H3,(H,35,38)(H,33,34,36)/b18-17+/t25-/m1/s1. The van der Waals surface area contributed by atoms with Crippen LogP contribution < -0.4 is 10.6 Å². The van der Waals surface area contributed by atoms with E-state index in [0.717, 1.165) is 34.4 Å². The van der Waals surface area contributed by atoms with Crippen LogP contribution in [0.3, 0.4) is 0 Å². The van der Waals surface area contributed by atoms with Crippen molar-refractivity contribution in [3.8, 4) is 22.5 Å². The first-order valence-corrected chi connectivity index (χ1v) is 13.1. The Labute approximate surface area is 236 Å². The maximum absolute atomic E-state index is 12.3. The third-order valence-corrected chi connectivity index (χ3v) is 6.32. The number of aliphatic hydroxyl groups is 1. The fraction of sp³-hybridized carbons (Fsp3) is 0.125. The van der Waals surface area contributed by atoms with E-state index in [9.17, 15) is 14.7 Å². The fourth-order valence-electron chi connectivity index (χ4n) is 4.43. The number of ether oxygens (including phenoxy) is 1. The molecule has 1 atom stereocenters. The average Bonchev–Trinajstić information content (AvgIpc) is 3.41. The van der Waals surface area contributed by atoms with Crippen molar-refractivity contribution in [3.05, 3.63) is 109 Å². The van der Waals surface area contributed by atoms with Crippen LogP contribution in [0.2, 0.25) is 0 Å². The maximum atomic E-state index is 12.3. The van der Waals surface area contributed by atoms with Crippen LogP contribution in [0.4, 0.5) is 11.5 Å². The van der Waals surface area contributed by atoms with E-state index in [0.29, 0.717) is 28.4 Å². The third kappa shape index (κ3) is 6.32. The van der Waals surface area contributed by atoms with Gasteiger partial charge in [0.2, 0.25) is 11.6 Å². The van der Waals surface area contributed by atoms with Gasteiger partial charge in [0, 0.05) is 29.0 Å². The van der Waals surface area contributed by atoms with E-state index < -0.39 is 17.9 Å². The van der Waals surface area contributed by atoms with Crippen LogP contribution >= 0.6 is 0 Å². The molecule has 0 fully saturated rings. The molecule has 41 heavy (non-hydrogen) atoms. The first-order chi connectivity index (χ1) is 20.1. The molecule has 3 aromatic carbocycles. The van der Waals surface area contributed by atoms with Gasteiger partial charge in [0.05, 0.1) is 24.6 Å². The number of aliphatic hydroxyl groups excluding tert-OH is 1. The Bertz CT molecular complexity index is 1670. The van der Waals surface area contributed by atoms with Crippen LogP contribution in [-0.2, 0) is 14.3 Å². The van der Waals surface area contributed by atoms with Crippen LogP contribution in [-0.4, -0.2) is 40.2 Å². The lowest BCUT2D eigenvalue weighted by Crippen LogP contribution is -2.15. The number of rotatable bonds is 10. The normalized spacial score (nSPS) is 11.9. The number of aromatic nitrogens is 2. The van der Waals surface area contributed by atoms with Crippen molar-refractivity contribution in [1.82, 2.24) is 9.97 Å².